The van der Waals surface area contributed by atoms with Crippen LogP contribution in [-0.2, 0) is 11.3 Å². The number of carbonyl (C=O) groups excluding carboxylic acids is 1. The van der Waals surface area contributed by atoms with Crippen molar-refractivity contribution in [3.8, 4) is 6.07 Å². The van der Waals surface area contributed by atoms with Crippen molar-refractivity contribution in [3.05, 3.63) is 89.5 Å². The van der Waals surface area contributed by atoms with Gasteiger partial charge in [-0.1, -0.05) is 42.5 Å². The zero-order valence-electron chi connectivity index (χ0n) is 14.4. The number of nitrogens with zero attached hydrogens (tertiary/aromatic N) is 4. The third-order valence-corrected chi connectivity index (χ3v) is 4.98. The fourth-order valence-electron chi connectivity index (χ4n) is 3.50. The molecule has 2 heterocycles. The molecular weight excluding hydrogens is 324 g/mol. The van der Waals surface area contributed by atoms with Crippen molar-refractivity contribution in [1.82, 2.24) is 14.5 Å². The average Bonchev–Trinajstić information content (AvgIpc) is 3.16. The van der Waals surface area contributed by atoms with Gasteiger partial charge in [0.15, 0.2) is 0 Å². The number of amides is 1. The molecule has 0 N–H and O–H groups in total. The van der Waals surface area contributed by atoms with Gasteiger partial charge < -0.3 is 9.47 Å². The van der Waals surface area contributed by atoms with Crippen LogP contribution in [0.1, 0.15) is 41.4 Å². The Morgan fingerprint density at radius 1 is 1.15 bits per heavy atom. The van der Waals surface area contributed by atoms with Gasteiger partial charge in [0.2, 0.25) is 0 Å². The third kappa shape index (κ3) is 2.66. The van der Waals surface area contributed by atoms with Crippen molar-refractivity contribution in [2.45, 2.75) is 25.6 Å². The summed E-state index contributed by atoms with van der Waals surface area (Å²) in [7, 11) is 0. The van der Waals surface area contributed by atoms with Crippen molar-refractivity contribution in [3.63, 3.8) is 0 Å². The van der Waals surface area contributed by atoms with Crippen LogP contribution in [0.25, 0.3) is 0 Å². The van der Waals surface area contributed by atoms with Gasteiger partial charge in [0, 0.05) is 6.20 Å². The zero-order valence-corrected chi connectivity index (χ0v) is 14.4. The Balaban J connectivity index is 1.74. The molecule has 1 aliphatic heterocycles. The molecule has 1 aliphatic rings. The van der Waals surface area contributed by atoms with Crippen LogP contribution in [0.15, 0.2) is 67.1 Å². The zero-order chi connectivity index (χ0) is 18.1. The first kappa shape index (κ1) is 16.1. The van der Waals surface area contributed by atoms with Crippen LogP contribution in [0.3, 0.4) is 0 Å². The highest BCUT2D eigenvalue weighted by Gasteiger charge is 2.36. The minimum absolute atomic E-state index is 0.0340. The summed E-state index contributed by atoms with van der Waals surface area (Å²) in [5, 5.41) is 9.02. The van der Waals surface area contributed by atoms with E-state index in [9.17, 15) is 4.79 Å². The summed E-state index contributed by atoms with van der Waals surface area (Å²) in [4.78, 5) is 19.5. The summed E-state index contributed by atoms with van der Waals surface area (Å²) < 4.78 is 1.93. The predicted octanol–water partition coefficient (Wildman–Crippen LogP) is 3.45. The van der Waals surface area contributed by atoms with Crippen molar-refractivity contribution < 1.29 is 4.79 Å². The molecule has 0 bridgehead atoms. The lowest BCUT2D eigenvalue weighted by molar-refractivity contribution is -0.138. The highest BCUT2D eigenvalue weighted by molar-refractivity contribution is 5.85. The molecule has 0 radical (unpaired) electrons. The molecule has 1 amide bonds. The number of benzene rings is 2. The first-order chi connectivity index (χ1) is 12.7. The first-order valence-corrected chi connectivity index (χ1v) is 8.55. The smallest absolute Gasteiger partial charge is 0.251 e. The number of nitriles is 1. The van der Waals surface area contributed by atoms with E-state index in [0.717, 1.165) is 16.8 Å². The SMILES string of the molecule is C[C@@H](c1ccccc1)N1Cc2cncn2[C@H](c2ccc(C#N)cc2)C1=O. The Kier molecular flexibility index (Phi) is 4.02. The highest BCUT2D eigenvalue weighted by Crippen LogP contribution is 2.33. The number of hydrogen-bond donors (Lipinski definition) is 0. The summed E-state index contributed by atoms with van der Waals surface area (Å²) in [5.74, 6) is 0.0385. The molecule has 2 aromatic carbocycles. The van der Waals surface area contributed by atoms with Gasteiger partial charge in [0.1, 0.15) is 6.04 Å². The molecule has 2 atom stereocenters. The van der Waals surface area contributed by atoms with E-state index in [4.69, 9.17) is 5.26 Å². The predicted molar refractivity (Wildman–Crippen MR) is 96.9 cm³/mol. The molecule has 5 heteroatoms. The lowest BCUT2D eigenvalue weighted by Crippen LogP contribution is -2.43. The second-order valence-electron chi connectivity index (χ2n) is 6.48. The van der Waals surface area contributed by atoms with Crippen LogP contribution in [0.4, 0.5) is 0 Å². The molecule has 0 aliphatic carbocycles. The van der Waals surface area contributed by atoms with Crippen LogP contribution in [-0.4, -0.2) is 20.4 Å². The summed E-state index contributed by atoms with van der Waals surface area (Å²) in [6, 6.07) is 18.9. The van der Waals surface area contributed by atoms with Gasteiger partial charge in [-0.25, -0.2) is 4.98 Å². The van der Waals surface area contributed by atoms with Crippen LogP contribution in [0, 0.1) is 11.3 Å². The van der Waals surface area contributed by atoms with Gasteiger partial charge in [-0.05, 0) is 30.2 Å². The molecule has 0 fully saturated rings. The number of rotatable bonds is 3. The molecular formula is C21H18N4O. The monoisotopic (exact) mass is 342 g/mol. The summed E-state index contributed by atoms with van der Waals surface area (Å²) >= 11 is 0. The lowest BCUT2D eigenvalue weighted by atomic mass is 9.98. The van der Waals surface area contributed by atoms with Gasteiger partial charge in [0.25, 0.3) is 5.91 Å². The fraction of sp³-hybridized carbons (Fsp3) is 0.190. The number of carbonyl (C=O) groups is 1. The van der Waals surface area contributed by atoms with E-state index >= 15 is 0 Å². The quantitative estimate of drug-likeness (QED) is 0.732. The third-order valence-electron chi connectivity index (χ3n) is 4.98. The minimum Gasteiger partial charge on any atom is -0.328 e. The minimum atomic E-state index is -0.458. The molecule has 0 saturated carbocycles. The van der Waals surface area contributed by atoms with E-state index in [1.165, 1.54) is 0 Å². The molecule has 3 aromatic rings. The lowest BCUT2D eigenvalue weighted by Gasteiger charge is -2.38. The van der Waals surface area contributed by atoms with E-state index in [1.54, 1.807) is 18.5 Å². The van der Waals surface area contributed by atoms with E-state index in [0.29, 0.717) is 12.1 Å². The maximum absolute atomic E-state index is 13.4. The van der Waals surface area contributed by atoms with Gasteiger partial charge in [-0.3, -0.25) is 4.79 Å². The number of fused-ring (bicyclic) bond motifs is 1. The Labute approximate surface area is 152 Å². The number of aromatic nitrogens is 2. The Morgan fingerprint density at radius 3 is 2.58 bits per heavy atom. The highest BCUT2D eigenvalue weighted by atomic mass is 16.2. The topological polar surface area (TPSA) is 61.9 Å². The molecule has 0 spiro atoms. The molecule has 0 unspecified atom stereocenters. The molecule has 1 aromatic heterocycles. The standard InChI is InChI=1S/C21H18N4O/c1-15(17-5-3-2-4-6-17)24-13-19-12-23-14-25(19)20(21(24)26)18-9-7-16(11-22)8-10-18/h2-10,12,14-15,20H,13H2,1H3/t15-,20+/m0/s1. The molecule has 5 nitrogen and oxygen atoms in total. The second kappa shape index (κ2) is 6.49. The molecule has 4 rings (SSSR count). The fourth-order valence-corrected chi connectivity index (χ4v) is 3.50. The number of hydrogen-bond acceptors (Lipinski definition) is 3. The van der Waals surface area contributed by atoms with E-state index in [2.05, 4.69) is 18.0 Å². The summed E-state index contributed by atoms with van der Waals surface area (Å²) in [6.07, 6.45) is 3.52. The van der Waals surface area contributed by atoms with Gasteiger partial charge in [0.05, 0.1) is 36.2 Å². The second-order valence-corrected chi connectivity index (χ2v) is 6.48. The average molecular weight is 342 g/mol. The summed E-state index contributed by atoms with van der Waals surface area (Å²) in [6.45, 7) is 2.58. The van der Waals surface area contributed by atoms with Gasteiger partial charge in [-0.2, -0.15) is 5.26 Å². The van der Waals surface area contributed by atoms with Crippen LogP contribution < -0.4 is 0 Å². The van der Waals surface area contributed by atoms with Crippen LogP contribution in [0.5, 0.6) is 0 Å². The Morgan fingerprint density at radius 2 is 1.88 bits per heavy atom. The largest absolute Gasteiger partial charge is 0.328 e. The first-order valence-electron chi connectivity index (χ1n) is 8.55. The van der Waals surface area contributed by atoms with E-state index in [1.807, 2.05) is 58.1 Å². The van der Waals surface area contributed by atoms with Crippen LogP contribution in [0.2, 0.25) is 0 Å². The van der Waals surface area contributed by atoms with Gasteiger partial charge >= 0.3 is 0 Å². The van der Waals surface area contributed by atoms with Crippen molar-refractivity contribution >= 4 is 5.91 Å². The number of imidazole rings is 1. The van der Waals surface area contributed by atoms with E-state index in [-0.39, 0.29) is 11.9 Å². The van der Waals surface area contributed by atoms with Gasteiger partial charge in [-0.15, -0.1) is 0 Å². The molecule has 0 saturated heterocycles. The Bertz CT molecular complexity index is 969. The van der Waals surface area contributed by atoms with Crippen LogP contribution >= 0.6 is 0 Å². The van der Waals surface area contributed by atoms with Crippen molar-refractivity contribution in [2.24, 2.45) is 0 Å². The summed E-state index contributed by atoms with van der Waals surface area (Å²) in [5.41, 5.74) is 3.55. The van der Waals surface area contributed by atoms with Crippen molar-refractivity contribution in [1.29, 1.82) is 5.26 Å². The van der Waals surface area contributed by atoms with Crippen molar-refractivity contribution in [2.75, 3.05) is 0 Å². The maximum atomic E-state index is 13.4. The maximum Gasteiger partial charge on any atom is 0.251 e. The Hall–Kier alpha value is -3.39. The molecule has 26 heavy (non-hydrogen) atoms. The normalized spacial score (nSPS) is 17.5. The molecule has 128 valence electrons. The van der Waals surface area contributed by atoms with E-state index < -0.39 is 6.04 Å².